The molecule has 0 atom stereocenters. The number of nitrogens with zero attached hydrogens (tertiary/aromatic N) is 1. The van der Waals surface area contributed by atoms with Crippen molar-refractivity contribution in [3.05, 3.63) is 15.9 Å². The fourth-order valence-corrected chi connectivity index (χ4v) is 1.85. The molecule has 0 aliphatic carbocycles. The van der Waals surface area contributed by atoms with Gasteiger partial charge < -0.3 is 5.32 Å². The lowest BCUT2D eigenvalue weighted by Crippen LogP contribution is -1.94. The van der Waals surface area contributed by atoms with E-state index in [-0.39, 0.29) is 12.4 Å². The molecule has 0 fully saturated rings. The van der Waals surface area contributed by atoms with Crippen LogP contribution in [0.1, 0.15) is 0 Å². The lowest BCUT2D eigenvalue weighted by atomic mass is 10.6. The molecule has 0 aromatic carbocycles. The third kappa shape index (κ3) is 3.61. The Kier molecular flexibility index (Phi) is 5.30. The van der Waals surface area contributed by atoms with Crippen molar-refractivity contribution < 1.29 is 0 Å². The second kappa shape index (κ2) is 5.42. The van der Waals surface area contributed by atoms with Crippen molar-refractivity contribution in [2.24, 2.45) is 0 Å². The standard InChI is InChI=1S/C6H5BrN2S.ClH/c7-5-3-6(10-4-5)9-2-1-8;/h3-4,9H,2H2;1H. The molecule has 11 heavy (non-hydrogen) atoms. The first-order valence-corrected chi connectivity index (χ1v) is 4.35. The number of nitriles is 1. The van der Waals surface area contributed by atoms with Gasteiger partial charge in [-0.05, 0) is 22.0 Å². The van der Waals surface area contributed by atoms with Crippen LogP contribution in [0.5, 0.6) is 0 Å². The molecule has 60 valence electrons. The normalized spacial score (nSPS) is 8.00. The van der Waals surface area contributed by atoms with Gasteiger partial charge in [0.25, 0.3) is 0 Å². The van der Waals surface area contributed by atoms with Gasteiger partial charge in [0.15, 0.2) is 0 Å². The summed E-state index contributed by atoms with van der Waals surface area (Å²) in [7, 11) is 0. The Labute approximate surface area is 83.8 Å². The van der Waals surface area contributed by atoms with Crippen LogP contribution < -0.4 is 5.32 Å². The summed E-state index contributed by atoms with van der Waals surface area (Å²) < 4.78 is 1.05. The minimum atomic E-state index is 0. The minimum Gasteiger partial charge on any atom is -0.364 e. The molecule has 0 unspecified atom stereocenters. The first-order chi connectivity index (χ1) is 4.83. The molecule has 0 bridgehead atoms. The monoisotopic (exact) mass is 252 g/mol. The van der Waals surface area contributed by atoms with Crippen molar-refractivity contribution in [3.8, 4) is 6.07 Å². The van der Waals surface area contributed by atoms with Gasteiger partial charge in [-0.25, -0.2) is 0 Å². The predicted molar refractivity (Wildman–Crippen MR) is 53.4 cm³/mol. The molecule has 5 heteroatoms. The second-order valence-electron chi connectivity index (χ2n) is 1.64. The number of rotatable bonds is 2. The predicted octanol–water partition coefficient (Wildman–Crippen LogP) is 2.87. The van der Waals surface area contributed by atoms with Gasteiger partial charge in [0.05, 0.1) is 11.1 Å². The molecule has 0 saturated heterocycles. The molecule has 0 aliphatic rings. The largest absolute Gasteiger partial charge is 0.364 e. The Morgan fingerprint density at radius 2 is 2.45 bits per heavy atom. The van der Waals surface area contributed by atoms with E-state index < -0.39 is 0 Å². The number of anilines is 1. The average Bonchev–Trinajstić information content (AvgIpc) is 2.31. The van der Waals surface area contributed by atoms with E-state index in [9.17, 15) is 0 Å². The molecule has 1 aromatic heterocycles. The fourth-order valence-electron chi connectivity index (χ4n) is 0.532. The number of halogens is 2. The summed E-state index contributed by atoms with van der Waals surface area (Å²) >= 11 is 4.89. The lowest BCUT2D eigenvalue weighted by Gasteiger charge is -1.91. The molecule has 0 spiro atoms. The third-order valence-electron chi connectivity index (χ3n) is 0.909. The van der Waals surface area contributed by atoms with Crippen LogP contribution in [0.15, 0.2) is 15.9 Å². The van der Waals surface area contributed by atoms with E-state index in [4.69, 9.17) is 5.26 Å². The van der Waals surface area contributed by atoms with Crippen LogP contribution in [-0.2, 0) is 0 Å². The quantitative estimate of drug-likeness (QED) is 0.823. The Morgan fingerprint density at radius 3 is 2.91 bits per heavy atom. The topological polar surface area (TPSA) is 35.8 Å². The number of hydrogen-bond donors (Lipinski definition) is 1. The lowest BCUT2D eigenvalue weighted by molar-refractivity contribution is 1.34. The van der Waals surface area contributed by atoms with Crippen LogP contribution in [0.25, 0.3) is 0 Å². The molecular formula is C6H6BrClN2S. The zero-order valence-electron chi connectivity index (χ0n) is 5.50. The highest BCUT2D eigenvalue weighted by molar-refractivity contribution is 9.10. The van der Waals surface area contributed by atoms with Gasteiger partial charge >= 0.3 is 0 Å². The van der Waals surface area contributed by atoms with Crippen molar-refractivity contribution in [1.82, 2.24) is 0 Å². The summed E-state index contributed by atoms with van der Waals surface area (Å²) in [5.41, 5.74) is 0. The SMILES string of the molecule is Cl.N#CCNc1cc(Br)cs1. The van der Waals surface area contributed by atoms with Gasteiger partial charge in [-0.1, -0.05) is 0 Å². The minimum absolute atomic E-state index is 0. The zero-order valence-corrected chi connectivity index (χ0v) is 8.72. The first-order valence-electron chi connectivity index (χ1n) is 2.68. The second-order valence-corrected chi connectivity index (χ2v) is 3.47. The highest BCUT2D eigenvalue weighted by atomic mass is 79.9. The maximum atomic E-state index is 8.21. The summed E-state index contributed by atoms with van der Waals surface area (Å²) in [6, 6.07) is 3.95. The molecule has 0 amide bonds. The van der Waals surface area contributed by atoms with Gasteiger partial charge in [-0.2, -0.15) is 5.26 Å². The fraction of sp³-hybridized carbons (Fsp3) is 0.167. The van der Waals surface area contributed by atoms with E-state index in [1.54, 1.807) is 11.3 Å². The molecule has 1 aromatic rings. The Morgan fingerprint density at radius 1 is 1.73 bits per heavy atom. The first kappa shape index (κ1) is 10.8. The van der Waals surface area contributed by atoms with Gasteiger partial charge in [0.2, 0.25) is 0 Å². The Balaban J connectivity index is 0.000001000. The van der Waals surface area contributed by atoms with Gasteiger partial charge in [-0.15, -0.1) is 23.7 Å². The van der Waals surface area contributed by atoms with Gasteiger partial charge in [-0.3, -0.25) is 0 Å². The Bertz CT molecular complexity index is 255. The molecule has 1 N–H and O–H groups in total. The van der Waals surface area contributed by atoms with Gasteiger partial charge in [0.1, 0.15) is 6.54 Å². The summed E-state index contributed by atoms with van der Waals surface area (Å²) in [5, 5.41) is 14.2. The highest BCUT2D eigenvalue weighted by Crippen LogP contribution is 2.23. The van der Waals surface area contributed by atoms with E-state index in [2.05, 4.69) is 21.2 Å². The van der Waals surface area contributed by atoms with E-state index >= 15 is 0 Å². The number of thiophene rings is 1. The van der Waals surface area contributed by atoms with Crippen molar-refractivity contribution in [1.29, 1.82) is 5.26 Å². The van der Waals surface area contributed by atoms with E-state index in [0.29, 0.717) is 6.54 Å². The zero-order chi connectivity index (χ0) is 7.40. The van der Waals surface area contributed by atoms with E-state index in [1.165, 1.54) is 0 Å². The highest BCUT2D eigenvalue weighted by Gasteiger charge is 1.93. The Hall–Kier alpha value is -0.240. The van der Waals surface area contributed by atoms with Crippen molar-refractivity contribution in [3.63, 3.8) is 0 Å². The molecule has 0 radical (unpaired) electrons. The van der Waals surface area contributed by atoms with E-state index in [1.807, 2.05) is 17.5 Å². The van der Waals surface area contributed by atoms with Crippen LogP contribution in [0.3, 0.4) is 0 Å². The molecule has 0 aliphatic heterocycles. The van der Waals surface area contributed by atoms with Gasteiger partial charge in [0, 0.05) is 9.85 Å². The van der Waals surface area contributed by atoms with Crippen LogP contribution in [-0.4, -0.2) is 6.54 Å². The average molecular weight is 254 g/mol. The van der Waals surface area contributed by atoms with Crippen LogP contribution in [0, 0.1) is 11.3 Å². The van der Waals surface area contributed by atoms with Crippen molar-refractivity contribution in [2.75, 3.05) is 11.9 Å². The maximum absolute atomic E-state index is 8.21. The smallest absolute Gasteiger partial charge is 0.103 e. The molecule has 1 heterocycles. The van der Waals surface area contributed by atoms with Crippen molar-refractivity contribution in [2.45, 2.75) is 0 Å². The van der Waals surface area contributed by atoms with Crippen molar-refractivity contribution >= 4 is 44.7 Å². The summed E-state index contributed by atoms with van der Waals surface area (Å²) in [4.78, 5) is 0. The number of nitrogens with one attached hydrogen (secondary N) is 1. The summed E-state index contributed by atoms with van der Waals surface area (Å²) in [6.07, 6.45) is 0. The molecule has 1 rings (SSSR count). The van der Waals surface area contributed by atoms with Crippen LogP contribution in [0.2, 0.25) is 0 Å². The molecule has 2 nitrogen and oxygen atoms in total. The third-order valence-corrected chi connectivity index (χ3v) is 2.56. The van der Waals surface area contributed by atoms with E-state index in [0.717, 1.165) is 9.47 Å². The van der Waals surface area contributed by atoms with Crippen LogP contribution in [0.4, 0.5) is 5.00 Å². The number of hydrogen-bond acceptors (Lipinski definition) is 3. The summed E-state index contributed by atoms with van der Waals surface area (Å²) in [6.45, 7) is 0.368. The van der Waals surface area contributed by atoms with Crippen LogP contribution >= 0.6 is 39.7 Å². The molecular weight excluding hydrogens is 248 g/mol. The summed E-state index contributed by atoms with van der Waals surface area (Å²) in [5.74, 6) is 0. The maximum Gasteiger partial charge on any atom is 0.103 e. The molecule has 0 saturated carbocycles.